The summed E-state index contributed by atoms with van der Waals surface area (Å²) in [4.78, 5) is 0.839. The molecule has 0 unspecified atom stereocenters. The normalized spacial score (nSPS) is 11.8. The number of tetrazole rings is 1. The highest BCUT2D eigenvalue weighted by molar-refractivity contribution is 7.23. The largest absolute Gasteiger partial charge is 0.235 e. The van der Waals surface area contributed by atoms with E-state index in [4.69, 9.17) is 0 Å². The topological polar surface area (TPSA) is 43.1 Å². The lowest BCUT2D eigenvalue weighted by Gasteiger charge is -1.98. The van der Waals surface area contributed by atoms with Gasteiger partial charge in [-0.3, -0.25) is 0 Å². The number of hydrogen-bond acceptors (Lipinski definition) is 4. The van der Waals surface area contributed by atoms with Gasteiger partial charge in [-0.2, -0.15) is 4.52 Å². The Bertz CT molecular complexity index is 814. The lowest BCUT2D eigenvalue weighted by atomic mass is 10.1. The van der Waals surface area contributed by atoms with Crippen LogP contribution < -0.4 is 0 Å². The average molecular weight is 226 g/mol. The second-order valence-corrected chi connectivity index (χ2v) is 4.62. The maximum absolute atomic E-state index is 4.02. The lowest BCUT2D eigenvalue weighted by Crippen LogP contribution is -1.85. The van der Waals surface area contributed by atoms with Gasteiger partial charge in [0.25, 0.3) is 0 Å². The molecule has 0 fully saturated rings. The fourth-order valence-corrected chi connectivity index (χ4v) is 2.93. The summed E-state index contributed by atoms with van der Waals surface area (Å²) in [6, 6.07) is 12.5. The monoisotopic (exact) mass is 226 g/mol. The minimum Gasteiger partial charge on any atom is -0.182 e. The highest BCUT2D eigenvalue weighted by Gasteiger charge is 2.09. The van der Waals surface area contributed by atoms with Crippen molar-refractivity contribution in [3.8, 4) is 0 Å². The molecule has 0 N–H and O–H groups in total. The Morgan fingerprint density at radius 1 is 1.06 bits per heavy atom. The summed E-state index contributed by atoms with van der Waals surface area (Å²) in [5.74, 6) is 0. The van der Waals surface area contributed by atoms with Crippen molar-refractivity contribution in [2.75, 3.05) is 0 Å². The number of hydrogen-bond donors (Lipinski definition) is 0. The van der Waals surface area contributed by atoms with Crippen LogP contribution >= 0.6 is 11.3 Å². The molecular formula is C11H6N4S. The molecule has 2 aromatic carbocycles. The lowest BCUT2D eigenvalue weighted by molar-refractivity contribution is 0.844. The molecule has 2 heterocycles. The van der Waals surface area contributed by atoms with Crippen LogP contribution in [0.3, 0.4) is 0 Å². The summed E-state index contributed by atoms with van der Waals surface area (Å²) in [7, 11) is 0. The molecule has 4 rings (SSSR count). The summed E-state index contributed by atoms with van der Waals surface area (Å²) >= 11 is 1.61. The van der Waals surface area contributed by atoms with Gasteiger partial charge in [-0.15, -0.1) is 0 Å². The molecule has 4 nitrogen and oxygen atoms in total. The molecule has 0 spiro atoms. The smallest absolute Gasteiger partial charge is 0.182 e. The number of aromatic nitrogens is 4. The van der Waals surface area contributed by atoms with E-state index >= 15 is 0 Å². The SMILES string of the molecule is c1ccc2c(c1)ccc1sc3nnnn3c12. The summed E-state index contributed by atoms with van der Waals surface area (Å²) in [6.45, 7) is 0. The zero-order chi connectivity index (χ0) is 10.5. The van der Waals surface area contributed by atoms with Crippen molar-refractivity contribution < 1.29 is 0 Å². The molecule has 0 saturated heterocycles. The van der Waals surface area contributed by atoms with Crippen molar-refractivity contribution in [1.82, 2.24) is 20.0 Å². The minimum absolute atomic E-state index is 0.839. The highest BCUT2D eigenvalue weighted by Crippen LogP contribution is 2.30. The predicted octanol–water partition coefficient (Wildman–Crippen LogP) is 2.49. The average Bonchev–Trinajstić information content (AvgIpc) is 2.88. The predicted molar refractivity (Wildman–Crippen MR) is 63.7 cm³/mol. The fraction of sp³-hybridized carbons (Fsp3) is 0. The molecule has 16 heavy (non-hydrogen) atoms. The molecule has 0 amide bonds. The third-order valence-corrected chi connectivity index (χ3v) is 3.70. The van der Waals surface area contributed by atoms with Gasteiger partial charge in [-0.25, -0.2) is 0 Å². The van der Waals surface area contributed by atoms with Crippen molar-refractivity contribution in [3.63, 3.8) is 0 Å². The Morgan fingerprint density at radius 2 is 2.00 bits per heavy atom. The molecule has 0 radical (unpaired) electrons. The van der Waals surface area contributed by atoms with Gasteiger partial charge >= 0.3 is 0 Å². The highest BCUT2D eigenvalue weighted by atomic mass is 32.1. The molecule has 0 bridgehead atoms. The van der Waals surface area contributed by atoms with Crippen LogP contribution in [0.25, 0.3) is 25.9 Å². The molecule has 0 aliphatic rings. The summed E-state index contributed by atoms with van der Waals surface area (Å²) in [5, 5.41) is 14.1. The van der Waals surface area contributed by atoms with Gasteiger partial charge in [-0.1, -0.05) is 46.8 Å². The Balaban J connectivity index is 2.41. The number of thiazole rings is 1. The fourth-order valence-electron chi connectivity index (χ4n) is 2.02. The second-order valence-electron chi connectivity index (χ2n) is 3.61. The van der Waals surface area contributed by atoms with Crippen LogP contribution in [0.4, 0.5) is 0 Å². The van der Waals surface area contributed by atoms with E-state index in [1.165, 1.54) is 15.5 Å². The third-order valence-electron chi connectivity index (χ3n) is 2.72. The summed E-state index contributed by atoms with van der Waals surface area (Å²) in [6.07, 6.45) is 0. The molecule has 76 valence electrons. The summed E-state index contributed by atoms with van der Waals surface area (Å²) < 4.78 is 3.00. The molecule has 4 aromatic rings. The van der Waals surface area contributed by atoms with Crippen LogP contribution in [-0.2, 0) is 0 Å². The number of rotatable bonds is 0. The van der Waals surface area contributed by atoms with Gasteiger partial charge in [-0.05, 0) is 21.9 Å². The zero-order valence-electron chi connectivity index (χ0n) is 8.16. The van der Waals surface area contributed by atoms with Crippen LogP contribution in [0.2, 0.25) is 0 Å². The Morgan fingerprint density at radius 3 is 3.00 bits per heavy atom. The third kappa shape index (κ3) is 0.906. The molecule has 0 aliphatic carbocycles. The van der Waals surface area contributed by atoms with Crippen molar-refractivity contribution >= 4 is 37.3 Å². The van der Waals surface area contributed by atoms with Crippen LogP contribution in [0.1, 0.15) is 0 Å². The van der Waals surface area contributed by atoms with E-state index in [0.717, 1.165) is 10.5 Å². The van der Waals surface area contributed by atoms with Crippen LogP contribution in [0.5, 0.6) is 0 Å². The van der Waals surface area contributed by atoms with Gasteiger partial charge in [0.1, 0.15) is 0 Å². The van der Waals surface area contributed by atoms with Crippen LogP contribution in [-0.4, -0.2) is 20.0 Å². The van der Waals surface area contributed by atoms with Crippen molar-refractivity contribution in [1.29, 1.82) is 0 Å². The van der Waals surface area contributed by atoms with E-state index in [0.29, 0.717) is 0 Å². The Kier molecular flexibility index (Phi) is 1.41. The van der Waals surface area contributed by atoms with E-state index in [2.05, 4.69) is 39.8 Å². The van der Waals surface area contributed by atoms with Gasteiger partial charge in [0.05, 0.1) is 10.2 Å². The van der Waals surface area contributed by atoms with Crippen LogP contribution in [0.15, 0.2) is 36.4 Å². The zero-order valence-corrected chi connectivity index (χ0v) is 8.98. The van der Waals surface area contributed by atoms with Gasteiger partial charge in [0.2, 0.25) is 4.96 Å². The minimum atomic E-state index is 0.839. The molecule has 0 aliphatic heterocycles. The first-order valence-electron chi connectivity index (χ1n) is 4.92. The number of benzene rings is 2. The molecule has 5 heteroatoms. The molecule has 2 aromatic heterocycles. The van der Waals surface area contributed by atoms with Crippen molar-refractivity contribution in [2.45, 2.75) is 0 Å². The van der Waals surface area contributed by atoms with Crippen molar-refractivity contribution in [3.05, 3.63) is 36.4 Å². The molecular weight excluding hydrogens is 220 g/mol. The maximum Gasteiger partial charge on any atom is 0.235 e. The quantitative estimate of drug-likeness (QED) is 0.462. The van der Waals surface area contributed by atoms with Gasteiger partial charge in [0, 0.05) is 5.39 Å². The number of nitrogens with zero attached hydrogens (tertiary/aromatic N) is 4. The number of fused-ring (bicyclic) bond motifs is 5. The van der Waals surface area contributed by atoms with Crippen LogP contribution in [0, 0.1) is 0 Å². The maximum atomic E-state index is 4.02. The summed E-state index contributed by atoms with van der Waals surface area (Å²) in [5.41, 5.74) is 1.10. The van der Waals surface area contributed by atoms with E-state index in [9.17, 15) is 0 Å². The first-order valence-corrected chi connectivity index (χ1v) is 5.73. The molecule has 0 atom stereocenters. The second kappa shape index (κ2) is 2.76. The Hall–Kier alpha value is -2.01. The Labute approximate surface area is 94.1 Å². The standard InChI is InChI=1S/C11H6N4S/c1-2-4-8-7(3-1)5-6-9-10(8)15-11(16-9)12-13-14-15/h1-6H. The van der Waals surface area contributed by atoms with E-state index in [-0.39, 0.29) is 0 Å². The van der Waals surface area contributed by atoms with Gasteiger partial charge < -0.3 is 0 Å². The van der Waals surface area contributed by atoms with E-state index < -0.39 is 0 Å². The van der Waals surface area contributed by atoms with Crippen molar-refractivity contribution in [2.24, 2.45) is 0 Å². The molecule has 0 saturated carbocycles. The van der Waals surface area contributed by atoms with E-state index in [1.54, 1.807) is 11.3 Å². The first-order chi connectivity index (χ1) is 7.93. The van der Waals surface area contributed by atoms with Gasteiger partial charge in [0.15, 0.2) is 0 Å². The first kappa shape index (κ1) is 8.18. The van der Waals surface area contributed by atoms with E-state index in [1.807, 2.05) is 16.6 Å².